The first-order valence-corrected chi connectivity index (χ1v) is 11.8. The molecule has 1 aliphatic carbocycles. The average molecular weight is 456 g/mol. The monoisotopic (exact) mass is 455 g/mol. The minimum Gasteiger partial charge on any atom is -0.465 e. The van der Waals surface area contributed by atoms with Crippen LogP contribution in [0.5, 0.6) is 0 Å². The molecule has 4 rings (SSSR count). The van der Waals surface area contributed by atoms with E-state index in [9.17, 15) is 23.1 Å². The zero-order valence-electron chi connectivity index (χ0n) is 17.4. The Morgan fingerprint density at radius 1 is 1.03 bits per heavy atom. The van der Waals surface area contributed by atoms with Crippen molar-refractivity contribution in [3.05, 3.63) is 78.4 Å². The largest absolute Gasteiger partial charge is 0.465 e. The number of nitrogens with zero attached hydrogens (tertiary/aromatic N) is 2. The number of carbonyl (C=O) groups excluding carboxylic acids is 1. The first-order chi connectivity index (χ1) is 15.3. The highest BCUT2D eigenvalue weighted by atomic mass is 32.2. The van der Waals surface area contributed by atoms with Gasteiger partial charge in [0.15, 0.2) is 0 Å². The lowest BCUT2D eigenvalue weighted by molar-refractivity contribution is -0.116. The molecule has 32 heavy (non-hydrogen) atoms. The Kier molecular flexibility index (Phi) is 6.03. The number of hydrogen-bond donors (Lipinski definition) is 2. The van der Waals surface area contributed by atoms with Crippen molar-refractivity contribution in [1.82, 2.24) is 14.5 Å². The molecule has 2 aromatic rings. The number of fused-ring (bicyclic) bond motifs is 1. The van der Waals surface area contributed by atoms with Crippen LogP contribution < -0.4 is 5.32 Å². The minimum atomic E-state index is -3.64. The number of hydrogen-bond acceptors (Lipinski definition) is 4. The van der Waals surface area contributed by atoms with E-state index in [0.717, 1.165) is 5.56 Å². The summed E-state index contributed by atoms with van der Waals surface area (Å²) in [6, 6.07) is 15.7. The standard InChI is InChI=1S/C23H25N3O5S/c1-2-21(27)24-22-19-14-26(15-20(19)22)32(30,31)18-10-8-17(9-11-18)13-25(23(28)29)12-16-6-4-3-5-7-16/h2-11,19-20,22H,1,12-15H2,(H,24,27)(H,28,29). The quantitative estimate of drug-likeness (QED) is 0.594. The van der Waals surface area contributed by atoms with Gasteiger partial charge in [0.1, 0.15) is 0 Å². The summed E-state index contributed by atoms with van der Waals surface area (Å²) in [5.74, 6) is 0.0298. The van der Waals surface area contributed by atoms with Gasteiger partial charge in [0.05, 0.1) is 4.90 Å². The van der Waals surface area contributed by atoms with Crippen molar-refractivity contribution >= 4 is 22.0 Å². The zero-order valence-corrected chi connectivity index (χ0v) is 18.2. The molecule has 2 aromatic carbocycles. The molecule has 9 heteroatoms. The summed E-state index contributed by atoms with van der Waals surface area (Å²) in [6.07, 6.45) is 0.176. The molecule has 8 nitrogen and oxygen atoms in total. The Balaban J connectivity index is 1.38. The zero-order chi connectivity index (χ0) is 22.9. The fourth-order valence-electron chi connectivity index (χ4n) is 4.25. The molecule has 0 radical (unpaired) electrons. The van der Waals surface area contributed by atoms with Gasteiger partial charge in [-0.25, -0.2) is 13.2 Å². The minimum absolute atomic E-state index is 0.0148. The van der Waals surface area contributed by atoms with Crippen LogP contribution in [0.1, 0.15) is 11.1 Å². The van der Waals surface area contributed by atoms with Gasteiger partial charge in [0, 0.05) is 32.2 Å². The highest BCUT2D eigenvalue weighted by Gasteiger charge is 2.58. The van der Waals surface area contributed by atoms with Crippen molar-refractivity contribution < 1.29 is 23.1 Å². The van der Waals surface area contributed by atoms with Crippen LogP contribution in [0.3, 0.4) is 0 Å². The number of piperidine rings is 1. The first-order valence-electron chi connectivity index (χ1n) is 10.3. The average Bonchev–Trinajstić information content (AvgIpc) is 3.20. The normalized spacial score (nSPS) is 22.1. The van der Waals surface area contributed by atoms with Gasteiger partial charge in [-0.3, -0.25) is 9.69 Å². The highest BCUT2D eigenvalue weighted by molar-refractivity contribution is 7.89. The Bertz CT molecular complexity index is 1110. The maximum atomic E-state index is 13.0. The summed E-state index contributed by atoms with van der Waals surface area (Å²) < 4.78 is 27.4. The predicted molar refractivity (Wildman–Crippen MR) is 118 cm³/mol. The molecule has 1 heterocycles. The summed E-state index contributed by atoms with van der Waals surface area (Å²) in [5, 5.41) is 12.4. The van der Waals surface area contributed by atoms with E-state index in [4.69, 9.17) is 0 Å². The maximum absolute atomic E-state index is 13.0. The Morgan fingerprint density at radius 2 is 1.59 bits per heavy atom. The van der Waals surface area contributed by atoms with E-state index >= 15 is 0 Å². The fourth-order valence-corrected chi connectivity index (χ4v) is 5.77. The van der Waals surface area contributed by atoms with Crippen LogP contribution in [0, 0.1) is 11.8 Å². The summed E-state index contributed by atoms with van der Waals surface area (Å²) in [7, 11) is -3.64. The molecule has 1 saturated carbocycles. The van der Waals surface area contributed by atoms with Crippen LogP contribution in [0.15, 0.2) is 72.1 Å². The predicted octanol–water partition coefficient (Wildman–Crippen LogP) is 2.29. The number of benzene rings is 2. The van der Waals surface area contributed by atoms with Crippen molar-refractivity contribution in [1.29, 1.82) is 0 Å². The van der Waals surface area contributed by atoms with Gasteiger partial charge in [0.25, 0.3) is 0 Å². The second-order valence-electron chi connectivity index (χ2n) is 8.16. The van der Waals surface area contributed by atoms with Gasteiger partial charge < -0.3 is 10.4 Å². The first kappa shape index (κ1) is 22.0. The summed E-state index contributed by atoms with van der Waals surface area (Å²) in [6.45, 7) is 4.58. The van der Waals surface area contributed by atoms with Gasteiger partial charge in [-0.2, -0.15) is 4.31 Å². The molecule has 1 saturated heterocycles. The van der Waals surface area contributed by atoms with Gasteiger partial charge >= 0.3 is 6.09 Å². The topological polar surface area (TPSA) is 107 Å². The third kappa shape index (κ3) is 4.53. The van der Waals surface area contributed by atoms with Gasteiger partial charge in [0.2, 0.25) is 15.9 Å². The Labute approximate surface area is 187 Å². The molecule has 2 fully saturated rings. The molecule has 2 N–H and O–H groups in total. The van der Waals surface area contributed by atoms with Gasteiger partial charge in [-0.15, -0.1) is 0 Å². The summed E-state index contributed by atoms with van der Waals surface area (Å²) in [5.41, 5.74) is 1.59. The molecule has 2 amide bonds. The second-order valence-corrected chi connectivity index (χ2v) is 10.1. The highest BCUT2D eigenvalue weighted by Crippen LogP contribution is 2.47. The van der Waals surface area contributed by atoms with Crippen LogP contribution in [0.4, 0.5) is 4.79 Å². The second kappa shape index (κ2) is 8.76. The van der Waals surface area contributed by atoms with Crippen molar-refractivity contribution in [2.45, 2.75) is 24.0 Å². The Morgan fingerprint density at radius 3 is 2.12 bits per heavy atom. The molecule has 1 aliphatic heterocycles. The van der Waals surface area contributed by atoms with Crippen molar-refractivity contribution in [2.75, 3.05) is 13.1 Å². The molecular weight excluding hydrogens is 430 g/mol. The molecule has 0 spiro atoms. The Hall–Kier alpha value is -3.17. The maximum Gasteiger partial charge on any atom is 0.407 e. The van der Waals surface area contributed by atoms with Crippen LogP contribution in [0.2, 0.25) is 0 Å². The lowest BCUT2D eigenvalue weighted by atomic mass is 10.2. The van der Waals surface area contributed by atoms with Gasteiger partial charge in [-0.1, -0.05) is 49.0 Å². The SMILES string of the molecule is C=CC(=O)NC1C2CN(S(=O)(=O)c3ccc(CN(Cc4ccccc4)C(=O)O)cc3)CC21. The fraction of sp³-hybridized carbons (Fsp3) is 0.304. The lowest BCUT2D eigenvalue weighted by Gasteiger charge is -2.21. The molecule has 2 unspecified atom stereocenters. The van der Waals surface area contributed by atoms with Crippen LogP contribution in [0.25, 0.3) is 0 Å². The number of carbonyl (C=O) groups is 2. The molecule has 2 atom stereocenters. The molecular formula is C23H25N3O5S. The molecule has 0 bridgehead atoms. The van der Waals surface area contributed by atoms with Crippen LogP contribution in [-0.4, -0.2) is 53.9 Å². The smallest absolute Gasteiger partial charge is 0.407 e. The van der Waals surface area contributed by atoms with E-state index in [1.807, 2.05) is 30.3 Å². The van der Waals surface area contributed by atoms with E-state index < -0.39 is 16.1 Å². The molecule has 0 aromatic heterocycles. The number of amides is 2. The molecule has 168 valence electrons. The van der Waals surface area contributed by atoms with E-state index in [-0.39, 0.29) is 41.8 Å². The third-order valence-electron chi connectivity index (χ3n) is 6.08. The van der Waals surface area contributed by atoms with E-state index in [0.29, 0.717) is 18.7 Å². The summed E-state index contributed by atoms with van der Waals surface area (Å²) >= 11 is 0. The third-order valence-corrected chi connectivity index (χ3v) is 7.92. The van der Waals surface area contributed by atoms with E-state index in [1.165, 1.54) is 27.4 Å². The van der Waals surface area contributed by atoms with Gasteiger partial charge in [-0.05, 0) is 41.2 Å². The van der Waals surface area contributed by atoms with Crippen molar-refractivity contribution in [3.63, 3.8) is 0 Å². The number of rotatable bonds is 8. The number of carboxylic acid groups (broad SMARTS) is 1. The van der Waals surface area contributed by atoms with E-state index in [2.05, 4.69) is 11.9 Å². The number of nitrogens with one attached hydrogen (secondary N) is 1. The van der Waals surface area contributed by atoms with E-state index in [1.54, 1.807) is 12.1 Å². The van der Waals surface area contributed by atoms with Crippen LogP contribution >= 0.6 is 0 Å². The summed E-state index contributed by atoms with van der Waals surface area (Å²) in [4.78, 5) is 24.6. The number of sulfonamides is 1. The lowest BCUT2D eigenvalue weighted by Crippen LogP contribution is -2.37. The van der Waals surface area contributed by atoms with Crippen LogP contribution in [-0.2, 0) is 27.9 Å². The van der Waals surface area contributed by atoms with Crippen molar-refractivity contribution in [2.24, 2.45) is 11.8 Å². The molecule has 2 aliphatic rings. The van der Waals surface area contributed by atoms with Crippen molar-refractivity contribution in [3.8, 4) is 0 Å².